The van der Waals surface area contributed by atoms with Gasteiger partial charge in [-0.15, -0.1) is 26.3 Å². The molecule has 0 spiro atoms. The maximum absolute atomic E-state index is 3.96. The Labute approximate surface area is 118 Å². The van der Waals surface area contributed by atoms with E-state index in [2.05, 4.69) is 36.8 Å². The molecule has 1 heterocycles. The number of hydrazine groups is 1. The van der Waals surface area contributed by atoms with Gasteiger partial charge in [0.05, 0.1) is 0 Å². The fourth-order valence-electron chi connectivity index (χ4n) is 3.29. The van der Waals surface area contributed by atoms with Crippen molar-refractivity contribution in [1.29, 1.82) is 0 Å². The number of piperidine rings is 1. The minimum atomic E-state index is 0.0823. The standard InChI is InChI=1S/C17H28N2/c1-5-10-16-11-9-15-19(18-14-8-4)17(16,12-6-2)13-7-3/h5-8,16,18H,1-4,9-15H2. The van der Waals surface area contributed by atoms with Gasteiger partial charge < -0.3 is 0 Å². The highest BCUT2D eigenvalue weighted by atomic mass is 15.5. The fraction of sp³-hybridized carbons (Fsp3) is 0.529. The van der Waals surface area contributed by atoms with Gasteiger partial charge in [-0.25, -0.2) is 5.01 Å². The summed E-state index contributed by atoms with van der Waals surface area (Å²) in [6.45, 7) is 17.5. The Balaban J connectivity index is 3.01. The molecule has 2 nitrogen and oxygen atoms in total. The smallest absolute Gasteiger partial charge is 0.0453 e. The second kappa shape index (κ2) is 8.13. The summed E-state index contributed by atoms with van der Waals surface area (Å²) >= 11 is 0. The molecule has 0 radical (unpaired) electrons. The highest BCUT2D eigenvalue weighted by Crippen LogP contribution is 2.40. The third-order valence-electron chi connectivity index (χ3n) is 4.11. The van der Waals surface area contributed by atoms with Gasteiger partial charge >= 0.3 is 0 Å². The van der Waals surface area contributed by atoms with E-state index >= 15 is 0 Å². The zero-order chi connectivity index (χ0) is 14.1. The first-order chi connectivity index (χ1) is 9.25. The largest absolute Gasteiger partial charge is 0.251 e. The Morgan fingerprint density at radius 2 is 1.74 bits per heavy atom. The van der Waals surface area contributed by atoms with Crippen LogP contribution in [0.15, 0.2) is 50.6 Å². The number of nitrogens with zero attached hydrogens (tertiary/aromatic N) is 1. The van der Waals surface area contributed by atoms with Crippen LogP contribution >= 0.6 is 0 Å². The van der Waals surface area contributed by atoms with Gasteiger partial charge in [0.1, 0.15) is 0 Å². The number of nitrogens with one attached hydrogen (secondary N) is 1. The van der Waals surface area contributed by atoms with E-state index < -0.39 is 0 Å². The van der Waals surface area contributed by atoms with Crippen LogP contribution in [0.5, 0.6) is 0 Å². The normalized spacial score (nSPS) is 22.6. The number of hydrogen-bond donors (Lipinski definition) is 1. The van der Waals surface area contributed by atoms with Crippen LogP contribution < -0.4 is 5.43 Å². The summed E-state index contributed by atoms with van der Waals surface area (Å²) in [5.74, 6) is 0.604. The van der Waals surface area contributed by atoms with E-state index in [9.17, 15) is 0 Å². The minimum absolute atomic E-state index is 0.0823. The summed E-state index contributed by atoms with van der Waals surface area (Å²) in [6, 6.07) is 0. The molecular weight excluding hydrogens is 232 g/mol. The molecule has 0 aromatic rings. The molecule has 0 aliphatic carbocycles. The Morgan fingerprint density at radius 1 is 1.05 bits per heavy atom. The van der Waals surface area contributed by atoms with Gasteiger partial charge in [0, 0.05) is 18.6 Å². The zero-order valence-corrected chi connectivity index (χ0v) is 12.1. The third kappa shape index (κ3) is 3.68. The molecule has 1 fully saturated rings. The Bertz CT molecular complexity index is 309. The molecule has 1 N–H and O–H groups in total. The van der Waals surface area contributed by atoms with Gasteiger partial charge in [0.25, 0.3) is 0 Å². The van der Waals surface area contributed by atoms with Crippen LogP contribution in [0, 0.1) is 5.92 Å². The molecule has 0 amide bonds. The molecule has 0 bridgehead atoms. The van der Waals surface area contributed by atoms with Crippen LogP contribution in [0.25, 0.3) is 0 Å². The summed E-state index contributed by atoms with van der Waals surface area (Å²) in [5, 5.41) is 2.40. The van der Waals surface area contributed by atoms with E-state index in [0.29, 0.717) is 5.92 Å². The van der Waals surface area contributed by atoms with Crippen molar-refractivity contribution in [2.24, 2.45) is 5.92 Å². The number of allylic oxidation sites excluding steroid dienone is 1. The first-order valence-corrected chi connectivity index (χ1v) is 7.20. The van der Waals surface area contributed by atoms with Crippen LogP contribution in [0.4, 0.5) is 0 Å². The summed E-state index contributed by atoms with van der Waals surface area (Å²) in [4.78, 5) is 0. The summed E-state index contributed by atoms with van der Waals surface area (Å²) in [6.07, 6.45) is 13.5. The Kier molecular flexibility index (Phi) is 6.82. The van der Waals surface area contributed by atoms with Gasteiger partial charge in [-0.05, 0) is 38.0 Å². The third-order valence-corrected chi connectivity index (χ3v) is 4.11. The van der Waals surface area contributed by atoms with Crippen LogP contribution in [-0.2, 0) is 0 Å². The van der Waals surface area contributed by atoms with E-state index in [4.69, 9.17) is 0 Å². The maximum atomic E-state index is 3.96. The Hall–Kier alpha value is -1.12. The first kappa shape index (κ1) is 15.9. The lowest BCUT2D eigenvalue weighted by molar-refractivity contribution is -0.0383. The van der Waals surface area contributed by atoms with Crippen LogP contribution in [0.1, 0.15) is 32.1 Å². The molecule has 0 aromatic carbocycles. The van der Waals surface area contributed by atoms with E-state index in [1.165, 1.54) is 12.8 Å². The Morgan fingerprint density at radius 3 is 2.26 bits per heavy atom. The second-order valence-electron chi connectivity index (χ2n) is 5.26. The number of rotatable bonds is 9. The molecule has 1 aliphatic rings. The van der Waals surface area contributed by atoms with Crippen molar-refractivity contribution in [1.82, 2.24) is 10.4 Å². The molecule has 106 valence electrons. The summed E-state index contributed by atoms with van der Waals surface area (Å²) < 4.78 is 0. The van der Waals surface area contributed by atoms with Gasteiger partial charge in [-0.1, -0.05) is 24.3 Å². The van der Waals surface area contributed by atoms with Crippen molar-refractivity contribution in [3.63, 3.8) is 0 Å². The van der Waals surface area contributed by atoms with Gasteiger partial charge in [-0.2, -0.15) is 0 Å². The lowest BCUT2D eigenvalue weighted by atomic mass is 9.71. The van der Waals surface area contributed by atoms with E-state index in [1.807, 2.05) is 24.3 Å². The summed E-state index contributed by atoms with van der Waals surface area (Å²) in [7, 11) is 0. The van der Waals surface area contributed by atoms with Crippen molar-refractivity contribution in [3.8, 4) is 0 Å². The SMILES string of the molecule is C=CCNN1CCCC(CC=C)C1(CC=C)CC=C. The highest BCUT2D eigenvalue weighted by Gasteiger charge is 2.43. The molecule has 0 aromatic heterocycles. The monoisotopic (exact) mass is 260 g/mol. The molecule has 1 rings (SSSR count). The van der Waals surface area contributed by atoms with Crippen LogP contribution in [0.2, 0.25) is 0 Å². The molecule has 1 aliphatic heterocycles. The molecule has 1 atom stereocenters. The molecule has 1 saturated heterocycles. The van der Waals surface area contributed by atoms with E-state index in [1.54, 1.807) is 0 Å². The molecule has 0 saturated carbocycles. The predicted octanol–water partition coefficient (Wildman–Crippen LogP) is 3.86. The van der Waals surface area contributed by atoms with Crippen molar-refractivity contribution < 1.29 is 0 Å². The van der Waals surface area contributed by atoms with Gasteiger partial charge in [0.2, 0.25) is 0 Å². The van der Waals surface area contributed by atoms with E-state index in [-0.39, 0.29) is 5.54 Å². The average Bonchev–Trinajstić information content (AvgIpc) is 2.40. The van der Waals surface area contributed by atoms with Crippen molar-refractivity contribution in [3.05, 3.63) is 50.6 Å². The fourth-order valence-corrected chi connectivity index (χ4v) is 3.29. The van der Waals surface area contributed by atoms with Gasteiger partial charge in [0.15, 0.2) is 0 Å². The van der Waals surface area contributed by atoms with Crippen LogP contribution in [-0.4, -0.2) is 23.6 Å². The predicted molar refractivity (Wildman–Crippen MR) is 84.8 cm³/mol. The lowest BCUT2D eigenvalue weighted by Crippen LogP contribution is -2.61. The minimum Gasteiger partial charge on any atom is -0.251 e. The average molecular weight is 260 g/mol. The highest BCUT2D eigenvalue weighted by molar-refractivity contribution is 5.06. The summed E-state index contributed by atoms with van der Waals surface area (Å²) in [5.41, 5.74) is 3.59. The quantitative estimate of drug-likeness (QED) is 0.633. The maximum Gasteiger partial charge on any atom is 0.0453 e. The topological polar surface area (TPSA) is 15.3 Å². The molecule has 19 heavy (non-hydrogen) atoms. The lowest BCUT2D eigenvalue weighted by Gasteiger charge is -2.52. The zero-order valence-electron chi connectivity index (χ0n) is 12.1. The van der Waals surface area contributed by atoms with E-state index in [0.717, 1.165) is 32.4 Å². The second-order valence-corrected chi connectivity index (χ2v) is 5.26. The first-order valence-electron chi connectivity index (χ1n) is 7.20. The van der Waals surface area contributed by atoms with Gasteiger partial charge in [-0.3, -0.25) is 5.43 Å². The molecular formula is C17H28N2. The number of hydrogen-bond acceptors (Lipinski definition) is 2. The molecule has 1 unspecified atom stereocenters. The van der Waals surface area contributed by atoms with Crippen molar-refractivity contribution >= 4 is 0 Å². The van der Waals surface area contributed by atoms with Crippen molar-refractivity contribution in [2.45, 2.75) is 37.6 Å². The molecule has 2 heteroatoms. The van der Waals surface area contributed by atoms with Crippen molar-refractivity contribution in [2.75, 3.05) is 13.1 Å². The van der Waals surface area contributed by atoms with Crippen LogP contribution in [0.3, 0.4) is 0 Å².